The molecular formula is C13H17NO3S. The molecule has 1 aromatic rings. The number of benzene rings is 1. The molecule has 0 radical (unpaired) electrons. The predicted octanol–water partition coefficient (Wildman–Crippen LogP) is 1.43. The quantitative estimate of drug-likeness (QED) is 0.761. The van der Waals surface area contributed by atoms with Crippen molar-refractivity contribution >= 4 is 21.8 Å². The standard InChI is InChI=1S/C13H17NO3S/c1-10-3-4-13(12(7-10)8-15)14-5-6-18(16,17)9-11(14)2/h3-4,7-8,11H,5-6,9H2,1-2H3. The molecule has 1 aliphatic heterocycles. The number of carbonyl (C=O) groups is 1. The van der Waals surface area contributed by atoms with Crippen molar-refractivity contribution in [1.29, 1.82) is 0 Å². The van der Waals surface area contributed by atoms with Crippen molar-refractivity contribution < 1.29 is 13.2 Å². The van der Waals surface area contributed by atoms with E-state index in [9.17, 15) is 13.2 Å². The first-order valence-electron chi connectivity index (χ1n) is 5.96. The lowest BCUT2D eigenvalue weighted by Crippen LogP contribution is -2.47. The molecule has 1 aliphatic rings. The SMILES string of the molecule is Cc1ccc(N2CCS(=O)(=O)CC2C)c(C=O)c1. The molecule has 0 aliphatic carbocycles. The highest BCUT2D eigenvalue weighted by Crippen LogP contribution is 2.25. The first-order valence-corrected chi connectivity index (χ1v) is 7.78. The van der Waals surface area contributed by atoms with Crippen molar-refractivity contribution in [1.82, 2.24) is 0 Å². The number of hydrogen-bond donors (Lipinski definition) is 0. The maximum Gasteiger partial charge on any atom is 0.154 e. The molecular weight excluding hydrogens is 250 g/mol. The molecule has 0 aromatic heterocycles. The van der Waals surface area contributed by atoms with Crippen LogP contribution in [0.25, 0.3) is 0 Å². The third-order valence-corrected chi connectivity index (χ3v) is 5.08. The molecule has 4 nitrogen and oxygen atoms in total. The maximum atomic E-state index is 11.6. The topological polar surface area (TPSA) is 54.5 Å². The summed E-state index contributed by atoms with van der Waals surface area (Å²) in [6.45, 7) is 4.26. The molecule has 1 heterocycles. The minimum Gasteiger partial charge on any atom is -0.366 e. The Morgan fingerprint density at radius 3 is 2.72 bits per heavy atom. The summed E-state index contributed by atoms with van der Waals surface area (Å²) in [5.74, 6) is 0.308. The van der Waals surface area contributed by atoms with Gasteiger partial charge in [0.05, 0.1) is 11.5 Å². The van der Waals surface area contributed by atoms with Gasteiger partial charge in [-0.05, 0) is 26.0 Å². The Morgan fingerprint density at radius 2 is 2.11 bits per heavy atom. The summed E-state index contributed by atoms with van der Waals surface area (Å²) in [7, 11) is -2.93. The van der Waals surface area contributed by atoms with E-state index in [1.165, 1.54) is 0 Å². The largest absolute Gasteiger partial charge is 0.366 e. The number of nitrogens with zero attached hydrogens (tertiary/aromatic N) is 1. The van der Waals surface area contributed by atoms with Gasteiger partial charge in [0.15, 0.2) is 16.1 Å². The molecule has 1 fully saturated rings. The fourth-order valence-corrected chi connectivity index (χ4v) is 3.94. The molecule has 0 spiro atoms. The van der Waals surface area contributed by atoms with Crippen LogP contribution in [0.15, 0.2) is 18.2 Å². The smallest absolute Gasteiger partial charge is 0.154 e. The Balaban J connectivity index is 2.35. The summed E-state index contributed by atoms with van der Waals surface area (Å²) in [5.41, 5.74) is 2.48. The number of hydrogen-bond acceptors (Lipinski definition) is 4. The molecule has 5 heteroatoms. The van der Waals surface area contributed by atoms with Gasteiger partial charge in [0.25, 0.3) is 0 Å². The second-order valence-corrected chi connectivity index (χ2v) is 7.07. The minimum absolute atomic E-state index is 0.0924. The third kappa shape index (κ3) is 2.56. The van der Waals surface area contributed by atoms with Crippen LogP contribution in [-0.4, -0.2) is 38.8 Å². The monoisotopic (exact) mass is 267 g/mol. The van der Waals surface area contributed by atoms with Gasteiger partial charge in [-0.2, -0.15) is 0 Å². The van der Waals surface area contributed by atoms with Crippen molar-refractivity contribution in [3.8, 4) is 0 Å². The summed E-state index contributed by atoms with van der Waals surface area (Å²) in [6.07, 6.45) is 0.832. The Bertz CT molecular complexity index is 566. The maximum absolute atomic E-state index is 11.6. The zero-order valence-electron chi connectivity index (χ0n) is 10.6. The average molecular weight is 267 g/mol. The van der Waals surface area contributed by atoms with Gasteiger partial charge in [-0.15, -0.1) is 0 Å². The number of sulfone groups is 1. The van der Waals surface area contributed by atoms with Crippen molar-refractivity contribution in [3.63, 3.8) is 0 Å². The van der Waals surface area contributed by atoms with E-state index in [4.69, 9.17) is 0 Å². The van der Waals surface area contributed by atoms with Crippen LogP contribution < -0.4 is 4.90 Å². The number of anilines is 1. The van der Waals surface area contributed by atoms with Gasteiger partial charge in [-0.25, -0.2) is 8.42 Å². The van der Waals surface area contributed by atoms with Gasteiger partial charge < -0.3 is 4.90 Å². The molecule has 1 aromatic carbocycles. The molecule has 18 heavy (non-hydrogen) atoms. The first kappa shape index (κ1) is 13.1. The van der Waals surface area contributed by atoms with Crippen LogP contribution in [0.4, 0.5) is 5.69 Å². The lowest BCUT2D eigenvalue weighted by molar-refractivity contribution is 0.112. The Kier molecular flexibility index (Phi) is 3.43. The molecule has 0 saturated carbocycles. The predicted molar refractivity (Wildman–Crippen MR) is 72.0 cm³/mol. The van der Waals surface area contributed by atoms with Crippen LogP contribution in [0.3, 0.4) is 0 Å². The number of aldehydes is 1. The Morgan fingerprint density at radius 1 is 1.39 bits per heavy atom. The van der Waals surface area contributed by atoms with E-state index < -0.39 is 9.84 Å². The second kappa shape index (κ2) is 4.72. The zero-order valence-corrected chi connectivity index (χ0v) is 11.4. The van der Waals surface area contributed by atoms with Gasteiger partial charge in [-0.1, -0.05) is 11.6 Å². The highest BCUT2D eigenvalue weighted by atomic mass is 32.2. The number of rotatable bonds is 2. The highest BCUT2D eigenvalue weighted by molar-refractivity contribution is 7.91. The lowest BCUT2D eigenvalue weighted by atomic mass is 10.1. The van der Waals surface area contributed by atoms with E-state index in [0.29, 0.717) is 12.1 Å². The molecule has 1 saturated heterocycles. The summed E-state index contributed by atoms with van der Waals surface area (Å²) in [5, 5.41) is 0. The van der Waals surface area contributed by atoms with Crippen molar-refractivity contribution in [2.24, 2.45) is 0 Å². The summed E-state index contributed by atoms with van der Waals surface area (Å²) in [6, 6.07) is 5.58. The van der Waals surface area contributed by atoms with E-state index in [1.54, 1.807) is 0 Å². The minimum atomic E-state index is -2.93. The fourth-order valence-electron chi connectivity index (χ4n) is 2.39. The zero-order chi connectivity index (χ0) is 13.3. The van der Waals surface area contributed by atoms with Gasteiger partial charge in [0, 0.05) is 23.8 Å². The first-order chi connectivity index (χ1) is 8.43. The molecule has 98 valence electrons. The fraction of sp³-hybridized carbons (Fsp3) is 0.462. The summed E-state index contributed by atoms with van der Waals surface area (Å²) >= 11 is 0. The molecule has 1 unspecified atom stereocenters. The van der Waals surface area contributed by atoms with Crippen LogP contribution in [0.5, 0.6) is 0 Å². The van der Waals surface area contributed by atoms with Crippen molar-refractivity contribution in [2.75, 3.05) is 23.0 Å². The highest BCUT2D eigenvalue weighted by Gasteiger charge is 2.29. The van der Waals surface area contributed by atoms with E-state index in [-0.39, 0.29) is 17.5 Å². The molecule has 1 atom stereocenters. The molecule has 2 rings (SSSR count). The Labute approximate surface area is 108 Å². The molecule has 0 N–H and O–H groups in total. The van der Waals surface area contributed by atoms with Gasteiger partial charge in [0.1, 0.15) is 0 Å². The van der Waals surface area contributed by atoms with Crippen molar-refractivity contribution in [3.05, 3.63) is 29.3 Å². The van der Waals surface area contributed by atoms with Crippen molar-refractivity contribution in [2.45, 2.75) is 19.9 Å². The van der Waals surface area contributed by atoms with Crippen LogP contribution in [0.1, 0.15) is 22.8 Å². The van der Waals surface area contributed by atoms with E-state index >= 15 is 0 Å². The van der Waals surface area contributed by atoms with Gasteiger partial charge in [0.2, 0.25) is 0 Å². The molecule has 0 amide bonds. The van der Waals surface area contributed by atoms with E-state index in [1.807, 2.05) is 36.9 Å². The van der Waals surface area contributed by atoms with E-state index in [2.05, 4.69) is 0 Å². The molecule has 0 bridgehead atoms. The normalized spacial score (nSPS) is 22.8. The van der Waals surface area contributed by atoms with Crippen LogP contribution >= 0.6 is 0 Å². The second-order valence-electron chi connectivity index (χ2n) is 4.84. The number of carbonyl (C=O) groups excluding carboxylic acids is 1. The average Bonchev–Trinajstić information content (AvgIpc) is 2.29. The van der Waals surface area contributed by atoms with Crippen LogP contribution in [-0.2, 0) is 9.84 Å². The number of aryl methyl sites for hydroxylation is 1. The lowest BCUT2D eigenvalue weighted by Gasteiger charge is -2.35. The van der Waals surface area contributed by atoms with Gasteiger partial charge >= 0.3 is 0 Å². The van der Waals surface area contributed by atoms with E-state index in [0.717, 1.165) is 17.5 Å². The summed E-state index contributed by atoms with van der Waals surface area (Å²) < 4.78 is 23.1. The van der Waals surface area contributed by atoms with Gasteiger partial charge in [-0.3, -0.25) is 4.79 Å². The van der Waals surface area contributed by atoms with Crippen LogP contribution in [0, 0.1) is 6.92 Å². The third-order valence-electron chi connectivity index (χ3n) is 3.29. The van der Waals surface area contributed by atoms with Crippen LogP contribution in [0.2, 0.25) is 0 Å². The summed E-state index contributed by atoms with van der Waals surface area (Å²) in [4.78, 5) is 13.1. The Hall–Kier alpha value is -1.36.